The van der Waals surface area contributed by atoms with E-state index in [0.29, 0.717) is 40.5 Å². The summed E-state index contributed by atoms with van der Waals surface area (Å²) in [6, 6.07) is 4.57. The van der Waals surface area contributed by atoms with E-state index < -0.39 is 12.1 Å². The van der Waals surface area contributed by atoms with E-state index >= 15 is 0 Å². The molecule has 1 aliphatic carbocycles. The lowest BCUT2D eigenvalue weighted by Gasteiger charge is -2.13. The van der Waals surface area contributed by atoms with Crippen LogP contribution in [-0.4, -0.2) is 24.4 Å². The number of carbonyl (C=O) groups excluding carboxylic acids is 2. The highest BCUT2D eigenvalue weighted by Crippen LogP contribution is 2.32. The number of ether oxygens (including phenoxy) is 2. The topological polar surface area (TPSA) is 90.1 Å². The van der Waals surface area contributed by atoms with Gasteiger partial charge in [-0.2, -0.15) is 5.10 Å². The Balaban J connectivity index is 1.85. The van der Waals surface area contributed by atoms with E-state index in [4.69, 9.17) is 37.1 Å². The Hall–Kier alpha value is -2.51. The SMILES string of the molecule is CCOC(=O)N/N=C1\CCCc2oc(C(=O)Oc3ccc(Cl)cc3Cl)c(C)c21. The molecule has 0 fully saturated rings. The molecule has 2 aromatic rings. The molecular formula is C19H18Cl2N2O5. The maximum Gasteiger partial charge on any atom is 0.427 e. The normalized spacial score (nSPS) is 14.5. The zero-order valence-corrected chi connectivity index (χ0v) is 16.8. The van der Waals surface area contributed by atoms with Crippen LogP contribution in [0.25, 0.3) is 0 Å². The average Bonchev–Trinajstić information content (AvgIpc) is 3.00. The Morgan fingerprint density at radius 2 is 2.07 bits per heavy atom. The van der Waals surface area contributed by atoms with Gasteiger partial charge in [0.05, 0.1) is 17.3 Å². The van der Waals surface area contributed by atoms with E-state index in [-0.39, 0.29) is 23.1 Å². The first kappa shape index (κ1) is 20.2. The smallest absolute Gasteiger partial charge is 0.427 e. The van der Waals surface area contributed by atoms with Crippen molar-refractivity contribution in [3.63, 3.8) is 0 Å². The van der Waals surface area contributed by atoms with Crippen molar-refractivity contribution < 1.29 is 23.5 Å². The largest absolute Gasteiger partial charge is 0.453 e. The molecule has 1 N–H and O–H groups in total. The van der Waals surface area contributed by atoms with Crippen LogP contribution in [0.2, 0.25) is 10.0 Å². The zero-order valence-electron chi connectivity index (χ0n) is 15.3. The summed E-state index contributed by atoms with van der Waals surface area (Å²) >= 11 is 11.9. The number of benzene rings is 1. The van der Waals surface area contributed by atoms with Crippen molar-refractivity contribution in [1.82, 2.24) is 5.43 Å². The van der Waals surface area contributed by atoms with Crippen molar-refractivity contribution in [3.05, 3.63) is 50.9 Å². The highest BCUT2D eigenvalue weighted by molar-refractivity contribution is 6.35. The molecule has 0 unspecified atom stereocenters. The van der Waals surface area contributed by atoms with Crippen LogP contribution in [0, 0.1) is 6.92 Å². The van der Waals surface area contributed by atoms with Crippen molar-refractivity contribution >= 4 is 41.0 Å². The van der Waals surface area contributed by atoms with Crippen LogP contribution in [0.1, 0.15) is 47.2 Å². The van der Waals surface area contributed by atoms with Crippen LogP contribution in [0.15, 0.2) is 27.7 Å². The lowest BCUT2D eigenvalue weighted by molar-refractivity contribution is 0.0698. The van der Waals surface area contributed by atoms with Gasteiger partial charge in [0, 0.05) is 22.6 Å². The van der Waals surface area contributed by atoms with E-state index in [1.807, 2.05) is 0 Å². The number of halogens is 2. The lowest BCUT2D eigenvalue weighted by Crippen LogP contribution is -2.22. The second-order valence-electron chi connectivity index (χ2n) is 6.06. The summed E-state index contributed by atoms with van der Waals surface area (Å²) in [6.07, 6.45) is 1.43. The van der Waals surface area contributed by atoms with Gasteiger partial charge in [0.2, 0.25) is 5.76 Å². The first-order valence-corrected chi connectivity index (χ1v) is 9.45. The number of nitrogens with zero attached hydrogens (tertiary/aromatic N) is 1. The van der Waals surface area contributed by atoms with E-state index in [1.54, 1.807) is 19.9 Å². The van der Waals surface area contributed by atoms with Gasteiger partial charge in [-0.25, -0.2) is 15.0 Å². The molecule has 1 aromatic heterocycles. The fourth-order valence-corrected chi connectivity index (χ4v) is 3.40. The molecule has 1 aliphatic rings. The van der Waals surface area contributed by atoms with Crippen molar-refractivity contribution in [2.45, 2.75) is 33.1 Å². The molecule has 9 heteroatoms. The van der Waals surface area contributed by atoms with Crippen LogP contribution in [-0.2, 0) is 11.2 Å². The molecule has 0 aliphatic heterocycles. The van der Waals surface area contributed by atoms with E-state index in [0.717, 1.165) is 6.42 Å². The molecular weight excluding hydrogens is 407 g/mol. The lowest BCUT2D eigenvalue weighted by atomic mass is 9.93. The van der Waals surface area contributed by atoms with Gasteiger partial charge in [0.25, 0.3) is 0 Å². The zero-order chi connectivity index (χ0) is 20.3. The Bertz CT molecular complexity index is 952. The first-order valence-electron chi connectivity index (χ1n) is 8.69. The van der Waals surface area contributed by atoms with Crippen LogP contribution < -0.4 is 10.2 Å². The van der Waals surface area contributed by atoms with Gasteiger partial charge in [-0.05, 0) is 44.9 Å². The number of hydrogen-bond acceptors (Lipinski definition) is 6. The van der Waals surface area contributed by atoms with E-state index in [2.05, 4.69) is 10.5 Å². The van der Waals surface area contributed by atoms with Crippen LogP contribution in [0.3, 0.4) is 0 Å². The molecule has 1 heterocycles. The number of amides is 1. The molecule has 0 radical (unpaired) electrons. The number of hydrogen-bond donors (Lipinski definition) is 1. The Labute approximate surface area is 171 Å². The first-order chi connectivity index (χ1) is 13.4. The minimum Gasteiger partial charge on any atom is -0.453 e. The van der Waals surface area contributed by atoms with Gasteiger partial charge in [0.15, 0.2) is 0 Å². The number of carbonyl (C=O) groups is 2. The highest BCUT2D eigenvalue weighted by atomic mass is 35.5. The average molecular weight is 425 g/mol. The van der Waals surface area contributed by atoms with Crippen LogP contribution in [0.4, 0.5) is 4.79 Å². The van der Waals surface area contributed by atoms with Gasteiger partial charge >= 0.3 is 12.1 Å². The van der Waals surface area contributed by atoms with Crippen molar-refractivity contribution in [2.75, 3.05) is 6.61 Å². The summed E-state index contributed by atoms with van der Waals surface area (Å²) in [5, 5.41) is 4.78. The molecule has 1 amide bonds. The third kappa shape index (κ3) is 4.31. The number of aryl methyl sites for hydroxylation is 1. The van der Waals surface area contributed by atoms with Gasteiger partial charge in [-0.15, -0.1) is 0 Å². The molecule has 0 bridgehead atoms. The molecule has 0 atom stereocenters. The van der Waals surface area contributed by atoms with Gasteiger partial charge in [0.1, 0.15) is 11.5 Å². The minimum absolute atomic E-state index is 0.0711. The number of esters is 1. The van der Waals surface area contributed by atoms with Crippen LogP contribution in [0.5, 0.6) is 5.75 Å². The van der Waals surface area contributed by atoms with Crippen molar-refractivity contribution in [2.24, 2.45) is 5.10 Å². The van der Waals surface area contributed by atoms with Gasteiger partial charge in [-0.1, -0.05) is 23.2 Å². The van der Waals surface area contributed by atoms with E-state index in [1.165, 1.54) is 12.1 Å². The standard InChI is InChI=1S/C19H18Cl2N2O5/c1-3-26-19(25)23-22-13-5-4-6-15-16(13)10(2)17(27-15)18(24)28-14-8-7-11(20)9-12(14)21/h7-9H,3-6H2,1-2H3,(H,23,25)/b22-13+. The summed E-state index contributed by atoms with van der Waals surface area (Å²) in [6.45, 7) is 3.69. The quantitative estimate of drug-likeness (QED) is 0.428. The fourth-order valence-electron chi connectivity index (χ4n) is 2.96. The number of fused-ring (bicyclic) bond motifs is 1. The monoisotopic (exact) mass is 424 g/mol. The Kier molecular flexibility index (Phi) is 6.26. The predicted octanol–water partition coefficient (Wildman–Crippen LogP) is 4.90. The minimum atomic E-state index is -0.672. The van der Waals surface area contributed by atoms with E-state index in [9.17, 15) is 9.59 Å². The maximum atomic E-state index is 12.6. The molecule has 148 valence electrons. The van der Waals surface area contributed by atoms with Crippen molar-refractivity contribution in [1.29, 1.82) is 0 Å². The highest BCUT2D eigenvalue weighted by Gasteiger charge is 2.29. The van der Waals surface area contributed by atoms with Gasteiger partial charge < -0.3 is 13.9 Å². The molecule has 3 rings (SSSR count). The molecule has 1 aromatic carbocycles. The number of nitrogens with one attached hydrogen (secondary N) is 1. The maximum absolute atomic E-state index is 12.6. The van der Waals surface area contributed by atoms with Crippen molar-refractivity contribution in [3.8, 4) is 5.75 Å². The molecule has 0 saturated heterocycles. The molecule has 7 nitrogen and oxygen atoms in total. The summed E-state index contributed by atoms with van der Waals surface area (Å²) in [4.78, 5) is 24.1. The molecule has 0 spiro atoms. The summed E-state index contributed by atoms with van der Waals surface area (Å²) in [7, 11) is 0. The summed E-state index contributed by atoms with van der Waals surface area (Å²) in [5.74, 6) is 0.209. The fraction of sp³-hybridized carbons (Fsp3) is 0.316. The predicted molar refractivity (Wildman–Crippen MR) is 104 cm³/mol. The molecule has 0 saturated carbocycles. The second-order valence-corrected chi connectivity index (χ2v) is 6.91. The molecule has 28 heavy (non-hydrogen) atoms. The van der Waals surface area contributed by atoms with Crippen LogP contribution >= 0.6 is 23.2 Å². The Morgan fingerprint density at radius 1 is 1.29 bits per heavy atom. The van der Waals surface area contributed by atoms with Gasteiger partial charge in [-0.3, -0.25) is 0 Å². The third-order valence-corrected chi connectivity index (χ3v) is 4.70. The second kappa shape index (κ2) is 8.67. The number of furan rings is 1. The summed E-state index contributed by atoms with van der Waals surface area (Å²) < 4.78 is 15.9. The number of hydrazone groups is 1. The Morgan fingerprint density at radius 3 is 2.79 bits per heavy atom. The summed E-state index contributed by atoms with van der Waals surface area (Å²) in [5.41, 5.74) is 4.27. The third-order valence-electron chi connectivity index (χ3n) is 4.17. The number of rotatable bonds is 4.